The molecule has 0 aliphatic heterocycles. The van der Waals surface area contributed by atoms with E-state index in [1.807, 2.05) is 32.1 Å². The Labute approximate surface area is 165 Å². The average Bonchev–Trinajstić information content (AvgIpc) is 2.72. The molecule has 0 heterocycles. The van der Waals surface area contributed by atoms with E-state index < -0.39 is 0 Å². The second-order valence-corrected chi connectivity index (χ2v) is 6.00. The Morgan fingerprint density at radius 1 is 0.964 bits per heavy atom. The van der Waals surface area contributed by atoms with Gasteiger partial charge in [-0.1, -0.05) is 13.0 Å². The topological polar surface area (TPSA) is 80.0 Å². The molecule has 28 heavy (non-hydrogen) atoms. The van der Waals surface area contributed by atoms with Gasteiger partial charge in [0.25, 0.3) is 0 Å². The van der Waals surface area contributed by atoms with Crippen molar-refractivity contribution in [1.29, 1.82) is 0 Å². The number of ether oxygens (including phenoxy) is 4. The maximum absolute atomic E-state index is 13.1. The van der Waals surface area contributed by atoms with Gasteiger partial charge in [0.05, 0.1) is 33.6 Å². The predicted molar refractivity (Wildman–Crippen MR) is 111 cm³/mol. The number of carbonyl (C=O) groups excluding carboxylic acids is 1. The highest BCUT2D eigenvalue weighted by Gasteiger charge is 2.19. The Bertz CT molecular complexity index is 848. The highest BCUT2D eigenvalue weighted by atomic mass is 16.5. The van der Waals surface area contributed by atoms with Crippen LogP contribution in [0.4, 0.5) is 5.69 Å². The average molecular weight is 385 g/mol. The van der Waals surface area contributed by atoms with Gasteiger partial charge in [0.2, 0.25) is 5.75 Å². The number of benzene rings is 2. The molecule has 6 nitrogen and oxygen atoms in total. The largest absolute Gasteiger partial charge is 0.493 e. The Balaban J connectivity index is 2.43. The molecule has 150 valence electrons. The normalized spacial score (nSPS) is 11.1. The van der Waals surface area contributed by atoms with Crippen LogP contribution >= 0.6 is 0 Å². The van der Waals surface area contributed by atoms with Crippen LogP contribution in [0.1, 0.15) is 36.2 Å². The minimum Gasteiger partial charge on any atom is -0.493 e. The predicted octanol–water partition coefficient (Wildman–Crippen LogP) is 4.37. The van der Waals surface area contributed by atoms with E-state index in [-0.39, 0.29) is 5.78 Å². The lowest BCUT2D eigenvalue weighted by molar-refractivity contribution is 0.103. The fourth-order valence-corrected chi connectivity index (χ4v) is 2.87. The lowest BCUT2D eigenvalue weighted by Gasteiger charge is -2.14. The summed E-state index contributed by atoms with van der Waals surface area (Å²) in [7, 11) is 4.56. The van der Waals surface area contributed by atoms with Gasteiger partial charge in [0, 0.05) is 11.1 Å². The van der Waals surface area contributed by atoms with Crippen molar-refractivity contribution < 1.29 is 23.7 Å². The first-order valence-electron chi connectivity index (χ1n) is 9.06. The van der Waals surface area contributed by atoms with Crippen LogP contribution < -0.4 is 24.7 Å². The molecule has 6 heteroatoms. The zero-order valence-corrected chi connectivity index (χ0v) is 17.0. The van der Waals surface area contributed by atoms with Gasteiger partial charge < -0.3 is 24.7 Å². The monoisotopic (exact) mass is 385 g/mol. The van der Waals surface area contributed by atoms with Crippen molar-refractivity contribution in [1.82, 2.24) is 0 Å². The SMILES string of the molecule is CCOc1ccc(C=C(CC)C(=O)c2cc(OC)c(OC)c(OC)c2)cc1N. The van der Waals surface area contributed by atoms with Gasteiger partial charge in [-0.3, -0.25) is 4.79 Å². The van der Waals surface area contributed by atoms with Crippen molar-refractivity contribution in [2.24, 2.45) is 0 Å². The van der Waals surface area contributed by atoms with Crippen molar-refractivity contribution in [3.8, 4) is 23.0 Å². The third-order valence-corrected chi connectivity index (χ3v) is 4.27. The molecule has 0 saturated heterocycles. The van der Waals surface area contributed by atoms with E-state index in [0.717, 1.165) is 5.56 Å². The number of carbonyl (C=O) groups is 1. The number of nitrogens with two attached hydrogens (primary N) is 1. The number of hydrogen-bond donors (Lipinski definition) is 1. The number of anilines is 1. The lowest BCUT2D eigenvalue weighted by Crippen LogP contribution is -2.05. The van der Waals surface area contributed by atoms with Gasteiger partial charge in [-0.2, -0.15) is 0 Å². The van der Waals surface area contributed by atoms with Crippen LogP contribution in [-0.4, -0.2) is 33.7 Å². The summed E-state index contributed by atoms with van der Waals surface area (Å²) in [5, 5.41) is 0. The summed E-state index contributed by atoms with van der Waals surface area (Å²) in [4.78, 5) is 13.1. The van der Waals surface area contributed by atoms with Crippen molar-refractivity contribution in [3.63, 3.8) is 0 Å². The maximum atomic E-state index is 13.1. The van der Waals surface area contributed by atoms with E-state index in [2.05, 4.69) is 0 Å². The van der Waals surface area contributed by atoms with Crippen LogP contribution in [0.5, 0.6) is 23.0 Å². The Morgan fingerprint density at radius 3 is 2.07 bits per heavy atom. The highest BCUT2D eigenvalue weighted by molar-refractivity contribution is 6.12. The number of ketones is 1. The van der Waals surface area contributed by atoms with E-state index in [1.54, 1.807) is 18.2 Å². The number of nitrogen functional groups attached to an aromatic ring is 1. The first kappa shape index (κ1) is 21.2. The zero-order chi connectivity index (χ0) is 20.7. The van der Waals surface area contributed by atoms with Gasteiger partial charge in [0.1, 0.15) is 5.75 Å². The molecule has 2 N–H and O–H groups in total. The van der Waals surface area contributed by atoms with Gasteiger partial charge in [-0.15, -0.1) is 0 Å². The van der Waals surface area contributed by atoms with Crippen molar-refractivity contribution in [2.75, 3.05) is 33.7 Å². The van der Waals surface area contributed by atoms with Crippen LogP contribution in [0.25, 0.3) is 6.08 Å². The Morgan fingerprint density at radius 2 is 1.61 bits per heavy atom. The van der Waals surface area contributed by atoms with E-state index in [1.165, 1.54) is 21.3 Å². The molecule has 0 bridgehead atoms. The van der Waals surface area contributed by atoms with Crippen LogP contribution in [0.15, 0.2) is 35.9 Å². The molecule has 0 fully saturated rings. The van der Waals surface area contributed by atoms with E-state index in [4.69, 9.17) is 24.7 Å². The molecule has 0 aliphatic rings. The summed E-state index contributed by atoms with van der Waals surface area (Å²) in [5.74, 6) is 1.84. The van der Waals surface area contributed by atoms with Crippen molar-refractivity contribution in [2.45, 2.75) is 20.3 Å². The molecule has 2 aromatic rings. The molecule has 0 aromatic heterocycles. The van der Waals surface area contributed by atoms with Crippen molar-refractivity contribution in [3.05, 3.63) is 47.0 Å². The minimum atomic E-state index is -0.116. The fraction of sp³-hybridized carbons (Fsp3) is 0.318. The zero-order valence-electron chi connectivity index (χ0n) is 17.0. The molecule has 0 amide bonds. The lowest BCUT2D eigenvalue weighted by atomic mass is 9.98. The first-order chi connectivity index (χ1) is 13.5. The summed E-state index contributed by atoms with van der Waals surface area (Å²) in [5.41, 5.74) is 8.50. The second kappa shape index (κ2) is 9.69. The molecule has 0 aliphatic carbocycles. The molecule has 0 saturated carbocycles. The van der Waals surface area contributed by atoms with Crippen LogP contribution in [0.3, 0.4) is 0 Å². The van der Waals surface area contributed by atoms with Gasteiger partial charge in [-0.25, -0.2) is 0 Å². The van der Waals surface area contributed by atoms with Crippen molar-refractivity contribution >= 4 is 17.5 Å². The molecule has 0 radical (unpaired) electrons. The summed E-state index contributed by atoms with van der Waals surface area (Å²) < 4.78 is 21.5. The number of Topliss-reactive ketones (excluding diaryl/α,β-unsaturated/α-hetero) is 1. The summed E-state index contributed by atoms with van der Waals surface area (Å²) >= 11 is 0. The quantitative estimate of drug-likeness (QED) is 0.392. The highest BCUT2D eigenvalue weighted by Crippen LogP contribution is 2.39. The smallest absolute Gasteiger partial charge is 0.203 e. The molecule has 0 spiro atoms. The van der Waals surface area contributed by atoms with E-state index >= 15 is 0 Å². The van der Waals surface area contributed by atoms with Crippen LogP contribution in [0.2, 0.25) is 0 Å². The molecule has 0 atom stereocenters. The number of rotatable bonds is 9. The minimum absolute atomic E-state index is 0.116. The number of hydrogen-bond acceptors (Lipinski definition) is 6. The Kier molecular flexibility index (Phi) is 7.32. The molecular formula is C22H27NO5. The first-order valence-corrected chi connectivity index (χ1v) is 9.06. The third-order valence-electron chi connectivity index (χ3n) is 4.27. The fourth-order valence-electron chi connectivity index (χ4n) is 2.87. The van der Waals surface area contributed by atoms with Crippen LogP contribution in [-0.2, 0) is 0 Å². The molecule has 0 unspecified atom stereocenters. The van der Waals surface area contributed by atoms with Gasteiger partial charge in [-0.05, 0) is 49.2 Å². The number of methoxy groups -OCH3 is 3. The molecule has 2 aromatic carbocycles. The molecular weight excluding hydrogens is 358 g/mol. The maximum Gasteiger partial charge on any atom is 0.203 e. The standard InChI is InChI=1S/C22H27NO5/c1-6-15(10-14-8-9-18(28-7-2)17(23)11-14)21(24)16-12-19(25-3)22(27-5)20(13-16)26-4/h8-13H,6-7,23H2,1-5H3. The van der Waals surface area contributed by atoms with Gasteiger partial charge in [0.15, 0.2) is 17.3 Å². The summed E-state index contributed by atoms with van der Waals surface area (Å²) in [6.45, 7) is 4.37. The summed E-state index contributed by atoms with van der Waals surface area (Å²) in [6, 6.07) is 8.78. The third kappa shape index (κ3) is 4.57. The molecule has 2 rings (SSSR count). The van der Waals surface area contributed by atoms with E-state index in [0.29, 0.717) is 52.8 Å². The van der Waals surface area contributed by atoms with Gasteiger partial charge >= 0.3 is 0 Å². The second-order valence-electron chi connectivity index (χ2n) is 6.00. The summed E-state index contributed by atoms with van der Waals surface area (Å²) in [6.07, 6.45) is 2.39. The number of allylic oxidation sites excluding steroid dienone is 1. The van der Waals surface area contributed by atoms with Crippen LogP contribution in [0, 0.1) is 0 Å². The van der Waals surface area contributed by atoms with E-state index in [9.17, 15) is 4.79 Å². The Hall–Kier alpha value is -3.15.